The Morgan fingerprint density at radius 1 is 1.10 bits per heavy atom. The van der Waals surface area contributed by atoms with E-state index < -0.39 is 16.6 Å². The predicted octanol–water partition coefficient (Wildman–Crippen LogP) is 4.34. The first kappa shape index (κ1) is 20.3. The van der Waals surface area contributed by atoms with Gasteiger partial charge >= 0.3 is 0 Å². The number of nitrogens with zero attached hydrogens (tertiary/aromatic N) is 2. The minimum Gasteiger partial charge on any atom is -0.872 e. The standard InChI is InChI=1S/C22H15BrN4O4/c23-15-6-8-18-17(11-15)20(13-4-2-1-3-5-13)21(25-18)22(29)26-24-12-14-10-16(27(30)31)7-9-19(14)28/h1-12,25,28H,(H,26,29)/p-1/b24-12-. The lowest BCUT2D eigenvalue weighted by atomic mass is 10.0. The first-order chi connectivity index (χ1) is 14.9. The number of hydrogen-bond donors (Lipinski definition) is 2. The molecule has 154 valence electrons. The lowest BCUT2D eigenvalue weighted by molar-refractivity contribution is -0.385. The van der Waals surface area contributed by atoms with E-state index in [1.807, 2.05) is 48.5 Å². The Balaban J connectivity index is 1.68. The minimum atomic E-state index is -0.607. The second-order valence-corrected chi connectivity index (χ2v) is 7.52. The van der Waals surface area contributed by atoms with Crippen molar-refractivity contribution in [3.8, 4) is 16.9 Å². The number of rotatable bonds is 5. The maximum atomic E-state index is 12.9. The van der Waals surface area contributed by atoms with Crippen LogP contribution in [-0.4, -0.2) is 22.0 Å². The van der Waals surface area contributed by atoms with Crippen molar-refractivity contribution < 1.29 is 14.8 Å². The van der Waals surface area contributed by atoms with Crippen LogP contribution in [0.3, 0.4) is 0 Å². The van der Waals surface area contributed by atoms with Crippen molar-refractivity contribution in [2.75, 3.05) is 0 Å². The largest absolute Gasteiger partial charge is 0.872 e. The molecule has 0 unspecified atom stereocenters. The van der Waals surface area contributed by atoms with Gasteiger partial charge < -0.3 is 10.1 Å². The summed E-state index contributed by atoms with van der Waals surface area (Å²) in [5.74, 6) is -0.954. The summed E-state index contributed by atoms with van der Waals surface area (Å²) in [7, 11) is 0. The Morgan fingerprint density at radius 2 is 1.87 bits per heavy atom. The number of amides is 1. The number of nitro groups is 1. The highest BCUT2D eigenvalue weighted by molar-refractivity contribution is 9.10. The van der Waals surface area contributed by atoms with Gasteiger partial charge in [0.15, 0.2) is 0 Å². The van der Waals surface area contributed by atoms with Crippen molar-refractivity contribution in [2.24, 2.45) is 5.10 Å². The summed E-state index contributed by atoms with van der Waals surface area (Å²) in [5, 5.41) is 27.5. The molecule has 0 aliphatic carbocycles. The third-order valence-corrected chi connectivity index (χ3v) is 5.12. The van der Waals surface area contributed by atoms with E-state index in [1.54, 1.807) is 0 Å². The van der Waals surface area contributed by atoms with Crippen LogP contribution in [0.4, 0.5) is 5.69 Å². The quantitative estimate of drug-likeness (QED) is 0.252. The number of H-pyrrole nitrogens is 1. The molecule has 0 aliphatic heterocycles. The van der Waals surface area contributed by atoms with Crippen LogP contribution in [0.5, 0.6) is 5.75 Å². The third-order valence-electron chi connectivity index (χ3n) is 4.62. The number of aromatic nitrogens is 1. The van der Waals surface area contributed by atoms with Gasteiger partial charge in [-0.3, -0.25) is 14.9 Å². The van der Waals surface area contributed by atoms with Gasteiger partial charge in [-0.05, 0) is 29.3 Å². The molecular weight excluding hydrogens is 464 g/mol. The van der Waals surface area contributed by atoms with Crippen LogP contribution in [0, 0.1) is 10.1 Å². The summed E-state index contributed by atoms with van der Waals surface area (Å²) in [6.45, 7) is 0. The fraction of sp³-hybridized carbons (Fsp3) is 0. The van der Waals surface area contributed by atoms with Crippen LogP contribution in [-0.2, 0) is 0 Å². The van der Waals surface area contributed by atoms with Gasteiger partial charge in [-0.15, -0.1) is 0 Å². The summed E-state index contributed by atoms with van der Waals surface area (Å²) in [6, 6.07) is 18.4. The molecule has 8 nitrogen and oxygen atoms in total. The number of halogens is 1. The molecule has 4 rings (SSSR count). The highest BCUT2D eigenvalue weighted by Crippen LogP contribution is 2.34. The van der Waals surface area contributed by atoms with Gasteiger partial charge in [-0.25, -0.2) is 5.43 Å². The van der Waals surface area contributed by atoms with Gasteiger partial charge in [-0.1, -0.05) is 58.1 Å². The Bertz CT molecular complexity index is 1330. The number of non-ortho nitro benzene ring substituents is 1. The second-order valence-electron chi connectivity index (χ2n) is 6.61. The summed E-state index contributed by atoms with van der Waals surface area (Å²) in [6.07, 6.45) is 1.09. The second kappa shape index (κ2) is 8.41. The predicted molar refractivity (Wildman–Crippen MR) is 119 cm³/mol. The molecule has 0 saturated heterocycles. The van der Waals surface area contributed by atoms with Crippen molar-refractivity contribution >= 4 is 44.6 Å². The topological polar surface area (TPSA) is 123 Å². The van der Waals surface area contributed by atoms with Crippen molar-refractivity contribution in [1.82, 2.24) is 10.4 Å². The lowest BCUT2D eigenvalue weighted by Gasteiger charge is -2.08. The molecule has 0 spiro atoms. The van der Waals surface area contributed by atoms with E-state index in [9.17, 15) is 20.0 Å². The molecule has 0 saturated carbocycles. The van der Waals surface area contributed by atoms with Crippen molar-refractivity contribution in [3.05, 3.63) is 92.6 Å². The molecular formula is C22H14BrN4O4-. The number of carbonyl (C=O) groups is 1. The summed E-state index contributed by atoms with van der Waals surface area (Å²) >= 11 is 3.46. The molecule has 0 fully saturated rings. The molecule has 4 aromatic rings. The van der Waals surface area contributed by atoms with Gasteiger partial charge in [0.1, 0.15) is 5.69 Å². The fourth-order valence-electron chi connectivity index (χ4n) is 3.21. The SMILES string of the molecule is O=C(N/N=C\c1cc([N+](=O)[O-])ccc1[O-])c1[nH]c2ccc(Br)cc2c1-c1ccccc1. The van der Waals surface area contributed by atoms with E-state index in [2.05, 4.69) is 31.4 Å². The number of carbonyl (C=O) groups excluding carboxylic acids is 1. The van der Waals surface area contributed by atoms with Crippen molar-refractivity contribution in [3.63, 3.8) is 0 Å². The summed E-state index contributed by atoms with van der Waals surface area (Å²) < 4.78 is 0.870. The van der Waals surface area contributed by atoms with Crippen molar-refractivity contribution in [1.29, 1.82) is 0 Å². The lowest BCUT2D eigenvalue weighted by Crippen LogP contribution is -2.19. The van der Waals surface area contributed by atoms with Crippen molar-refractivity contribution in [2.45, 2.75) is 0 Å². The zero-order valence-corrected chi connectivity index (χ0v) is 17.4. The minimum absolute atomic E-state index is 0.00152. The molecule has 31 heavy (non-hydrogen) atoms. The summed E-state index contributed by atoms with van der Waals surface area (Å²) in [4.78, 5) is 26.3. The van der Waals surface area contributed by atoms with E-state index in [-0.39, 0.29) is 11.3 Å². The zero-order chi connectivity index (χ0) is 22.0. The van der Waals surface area contributed by atoms with Crippen LogP contribution < -0.4 is 10.5 Å². The van der Waals surface area contributed by atoms with Crippen LogP contribution >= 0.6 is 15.9 Å². The van der Waals surface area contributed by atoms with Crippen LogP contribution in [0.25, 0.3) is 22.0 Å². The molecule has 0 aliphatic rings. The average Bonchev–Trinajstić information content (AvgIpc) is 3.14. The molecule has 1 amide bonds. The maximum Gasteiger partial charge on any atom is 0.288 e. The van der Waals surface area contributed by atoms with E-state index in [1.165, 1.54) is 0 Å². The van der Waals surface area contributed by atoms with Gasteiger partial charge in [0, 0.05) is 33.1 Å². The number of hydrazone groups is 1. The molecule has 1 aromatic heterocycles. The molecule has 0 atom stereocenters. The van der Waals surface area contributed by atoms with E-state index in [4.69, 9.17) is 0 Å². The fourth-order valence-corrected chi connectivity index (χ4v) is 3.57. The molecule has 3 aromatic carbocycles. The zero-order valence-electron chi connectivity index (χ0n) is 15.8. The Labute approximate surface area is 184 Å². The number of benzene rings is 3. The molecule has 0 bridgehead atoms. The van der Waals surface area contributed by atoms with E-state index in [0.29, 0.717) is 11.3 Å². The van der Waals surface area contributed by atoms with Gasteiger partial charge in [-0.2, -0.15) is 5.10 Å². The number of nitro benzene ring substituents is 1. The average molecular weight is 478 g/mol. The maximum absolute atomic E-state index is 12.9. The van der Waals surface area contributed by atoms with E-state index >= 15 is 0 Å². The van der Waals surface area contributed by atoms with Crippen LogP contribution in [0.2, 0.25) is 0 Å². The summed E-state index contributed by atoms with van der Waals surface area (Å²) in [5.41, 5.74) is 4.79. The van der Waals surface area contributed by atoms with E-state index in [0.717, 1.165) is 45.4 Å². The van der Waals surface area contributed by atoms with Crippen LogP contribution in [0.15, 0.2) is 76.3 Å². The number of hydrogen-bond acceptors (Lipinski definition) is 5. The Hall–Kier alpha value is -3.98. The first-order valence-electron chi connectivity index (χ1n) is 9.09. The molecule has 9 heteroatoms. The number of nitrogens with one attached hydrogen (secondary N) is 2. The monoisotopic (exact) mass is 477 g/mol. The van der Waals surface area contributed by atoms with Crippen LogP contribution in [0.1, 0.15) is 16.1 Å². The van der Waals surface area contributed by atoms with Gasteiger partial charge in [0.25, 0.3) is 11.6 Å². The Kier molecular flexibility index (Phi) is 5.50. The van der Waals surface area contributed by atoms with Gasteiger partial charge in [0.2, 0.25) is 0 Å². The highest BCUT2D eigenvalue weighted by atomic mass is 79.9. The number of aromatic amines is 1. The highest BCUT2D eigenvalue weighted by Gasteiger charge is 2.19. The first-order valence-corrected chi connectivity index (χ1v) is 9.89. The smallest absolute Gasteiger partial charge is 0.288 e. The molecule has 2 N–H and O–H groups in total. The van der Waals surface area contributed by atoms with Gasteiger partial charge in [0.05, 0.1) is 11.1 Å². The normalized spacial score (nSPS) is 11.1. The Morgan fingerprint density at radius 3 is 2.61 bits per heavy atom. The molecule has 0 radical (unpaired) electrons. The number of fused-ring (bicyclic) bond motifs is 1. The molecule has 1 heterocycles. The third kappa shape index (κ3) is 4.17.